The maximum Gasteiger partial charge on any atom is 0.119 e. The van der Waals surface area contributed by atoms with Gasteiger partial charge in [-0.3, -0.25) is 0 Å². The molecule has 0 fully saturated rings. The Balaban J connectivity index is 1.71. The lowest BCUT2D eigenvalue weighted by Crippen LogP contribution is -2.18. The summed E-state index contributed by atoms with van der Waals surface area (Å²) < 4.78 is 5.91. The van der Waals surface area contributed by atoms with Crippen molar-refractivity contribution in [2.75, 3.05) is 13.2 Å². The van der Waals surface area contributed by atoms with Crippen LogP contribution in [0.3, 0.4) is 0 Å². The quantitative estimate of drug-likeness (QED) is 0.610. The molecule has 0 amide bonds. The number of hydrogen-bond donors (Lipinski definition) is 1. The molecule has 2 nitrogen and oxygen atoms in total. The molecular weight excluding hydrogens is 258 g/mol. The van der Waals surface area contributed by atoms with Crippen LogP contribution in [0.2, 0.25) is 0 Å². The molecule has 0 aliphatic heterocycles. The van der Waals surface area contributed by atoms with Gasteiger partial charge in [0.2, 0.25) is 0 Å². The van der Waals surface area contributed by atoms with E-state index in [2.05, 4.69) is 37.4 Å². The van der Waals surface area contributed by atoms with E-state index in [9.17, 15) is 0 Å². The third-order valence-corrected chi connectivity index (χ3v) is 4.41. The molecule has 1 aromatic carbocycles. The van der Waals surface area contributed by atoms with Crippen LogP contribution in [-0.4, -0.2) is 13.2 Å². The van der Waals surface area contributed by atoms with Gasteiger partial charge in [0, 0.05) is 6.04 Å². The van der Waals surface area contributed by atoms with Crippen molar-refractivity contribution >= 4 is 0 Å². The maximum atomic E-state index is 5.91. The summed E-state index contributed by atoms with van der Waals surface area (Å²) in [6.07, 6.45) is 10.3. The van der Waals surface area contributed by atoms with Crippen LogP contribution in [0.25, 0.3) is 0 Å². The number of nitrogens with one attached hydrogen (secondary N) is 1. The minimum absolute atomic E-state index is 0.553. The van der Waals surface area contributed by atoms with Gasteiger partial charge in [-0.15, -0.1) is 0 Å². The lowest BCUT2D eigenvalue weighted by molar-refractivity contribution is 0.304. The Morgan fingerprint density at radius 2 is 1.90 bits per heavy atom. The van der Waals surface area contributed by atoms with Gasteiger partial charge >= 0.3 is 0 Å². The lowest BCUT2D eigenvalue weighted by atomic mass is 10.1. The highest BCUT2D eigenvalue weighted by molar-refractivity contribution is 5.40. The average molecular weight is 289 g/mol. The minimum atomic E-state index is 0.553. The number of benzene rings is 1. The predicted octanol–water partition coefficient (Wildman–Crippen LogP) is 5.02. The SMILES string of the molecule is CCCCCCCCOc1ccc2c(c1)CCC2NCC. The van der Waals surface area contributed by atoms with E-state index < -0.39 is 0 Å². The van der Waals surface area contributed by atoms with Crippen LogP contribution in [0.5, 0.6) is 5.75 Å². The third kappa shape index (κ3) is 5.03. The molecule has 1 aromatic rings. The molecule has 0 aromatic heterocycles. The van der Waals surface area contributed by atoms with Gasteiger partial charge in [0.1, 0.15) is 5.75 Å². The standard InChI is InChI=1S/C19H31NO/c1-3-5-6-7-8-9-14-21-17-11-12-18-16(15-17)10-13-19(18)20-4-2/h11-12,15,19-20H,3-10,13-14H2,1-2H3. The molecule has 21 heavy (non-hydrogen) atoms. The molecule has 118 valence electrons. The van der Waals surface area contributed by atoms with Crippen LogP contribution in [0.4, 0.5) is 0 Å². The van der Waals surface area contributed by atoms with Crippen molar-refractivity contribution in [3.8, 4) is 5.75 Å². The zero-order chi connectivity index (χ0) is 14.9. The van der Waals surface area contributed by atoms with Crippen LogP contribution in [-0.2, 0) is 6.42 Å². The molecule has 2 rings (SSSR count). The molecule has 1 aliphatic carbocycles. The Kier molecular flexibility index (Phi) is 7.08. The van der Waals surface area contributed by atoms with Gasteiger partial charge in [0.25, 0.3) is 0 Å². The monoisotopic (exact) mass is 289 g/mol. The molecule has 0 heterocycles. The van der Waals surface area contributed by atoms with Crippen molar-refractivity contribution in [3.63, 3.8) is 0 Å². The van der Waals surface area contributed by atoms with Gasteiger partial charge in [-0.25, -0.2) is 0 Å². The van der Waals surface area contributed by atoms with Crippen LogP contribution >= 0.6 is 0 Å². The van der Waals surface area contributed by atoms with Gasteiger partial charge < -0.3 is 10.1 Å². The molecule has 0 saturated carbocycles. The van der Waals surface area contributed by atoms with Gasteiger partial charge in [0.15, 0.2) is 0 Å². The summed E-state index contributed by atoms with van der Waals surface area (Å²) in [6.45, 7) is 6.34. The van der Waals surface area contributed by atoms with E-state index in [0.29, 0.717) is 6.04 Å². The predicted molar refractivity (Wildman–Crippen MR) is 90.1 cm³/mol. The van der Waals surface area contributed by atoms with Gasteiger partial charge in [-0.05, 0) is 49.1 Å². The maximum absolute atomic E-state index is 5.91. The van der Waals surface area contributed by atoms with Crippen molar-refractivity contribution in [1.82, 2.24) is 5.32 Å². The smallest absolute Gasteiger partial charge is 0.119 e. The van der Waals surface area contributed by atoms with E-state index in [4.69, 9.17) is 4.74 Å². The number of rotatable bonds is 10. The van der Waals surface area contributed by atoms with E-state index in [1.807, 2.05) is 0 Å². The molecule has 1 unspecified atom stereocenters. The van der Waals surface area contributed by atoms with Crippen LogP contribution in [0, 0.1) is 0 Å². The molecule has 0 spiro atoms. The summed E-state index contributed by atoms with van der Waals surface area (Å²) in [7, 11) is 0. The van der Waals surface area contributed by atoms with Crippen molar-refractivity contribution in [3.05, 3.63) is 29.3 Å². The van der Waals surface area contributed by atoms with Crippen molar-refractivity contribution in [1.29, 1.82) is 0 Å². The number of hydrogen-bond acceptors (Lipinski definition) is 2. The van der Waals surface area contributed by atoms with Crippen LogP contribution in [0.15, 0.2) is 18.2 Å². The summed E-state index contributed by atoms with van der Waals surface area (Å²) in [5, 5.41) is 3.56. The molecule has 2 heteroatoms. The summed E-state index contributed by atoms with van der Waals surface area (Å²) in [5.74, 6) is 1.06. The lowest BCUT2D eigenvalue weighted by Gasteiger charge is -2.13. The molecule has 1 N–H and O–H groups in total. The third-order valence-electron chi connectivity index (χ3n) is 4.41. The van der Waals surface area contributed by atoms with Crippen LogP contribution in [0.1, 0.15) is 76.0 Å². The number of aryl methyl sites for hydroxylation is 1. The summed E-state index contributed by atoms with van der Waals surface area (Å²) in [4.78, 5) is 0. The zero-order valence-electron chi connectivity index (χ0n) is 13.8. The molecule has 1 aliphatic rings. The minimum Gasteiger partial charge on any atom is -0.494 e. The molecule has 1 atom stereocenters. The van der Waals surface area contributed by atoms with E-state index in [1.54, 1.807) is 0 Å². The van der Waals surface area contributed by atoms with Gasteiger partial charge in [0.05, 0.1) is 6.61 Å². The number of unbranched alkanes of at least 4 members (excludes halogenated alkanes) is 5. The highest BCUT2D eigenvalue weighted by Crippen LogP contribution is 2.33. The summed E-state index contributed by atoms with van der Waals surface area (Å²) in [5.41, 5.74) is 2.95. The number of ether oxygens (including phenoxy) is 1. The molecular formula is C19H31NO. The van der Waals surface area contributed by atoms with Gasteiger partial charge in [-0.1, -0.05) is 52.0 Å². The second-order valence-corrected chi connectivity index (χ2v) is 6.13. The topological polar surface area (TPSA) is 21.3 Å². The number of fused-ring (bicyclic) bond motifs is 1. The first-order chi connectivity index (χ1) is 10.3. The Morgan fingerprint density at radius 1 is 1.10 bits per heavy atom. The highest BCUT2D eigenvalue weighted by Gasteiger charge is 2.21. The Morgan fingerprint density at radius 3 is 2.71 bits per heavy atom. The highest BCUT2D eigenvalue weighted by atomic mass is 16.5. The second-order valence-electron chi connectivity index (χ2n) is 6.13. The fraction of sp³-hybridized carbons (Fsp3) is 0.684. The summed E-state index contributed by atoms with van der Waals surface area (Å²) >= 11 is 0. The van der Waals surface area contributed by atoms with E-state index in [0.717, 1.165) is 18.9 Å². The second kappa shape index (κ2) is 9.09. The Hall–Kier alpha value is -1.02. The van der Waals surface area contributed by atoms with Crippen molar-refractivity contribution in [2.45, 2.75) is 71.3 Å². The first-order valence-electron chi connectivity index (χ1n) is 8.84. The average Bonchev–Trinajstić information content (AvgIpc) is 2.89. The fourth-order valence-corrected chi connectivity index (χ4v) is 3.21. The van der Waals surface area contributed by atoms with E-state index in [-0.39, 0.29) is 0 Å². The van der Waals surface area contributed by atoms with Crippen molar-refractivity contribution in [2.24, 2.45) is 0 Å². The zero-order valence-corrected chi connectivity index (χ0v) is 13.8. The van der Waals surface area contributed by atoms with Crippen molar-refractivity contribution < 1.29 is 4.74 Å². The molecule has 0 bridgehead atoms. The van der Waals surface area contributed by atoms with E-state index >= 15 is 0 Å². The fourth-order valence-electron chi connectivity index (χ4n) is 3.21. The van der Waals surface area contributed by atoms with Crippen LogP contribution < -0.4 is 10.1 Å². The Bertz CT molecular complexity index is 416. The molecule has 0 radical (unpaired) electrons. The molecule has 0 saturated heterocycles. The summed E-state index contributed by atoms with van der Waals surface area (Å²) in [6, 6.07) is 7.21. The first kappa shape index (κ1) is 16.4. The normalized spacial score (nSPS) is 17.0. The first-order valence-corrected chi connectivity index (χ1v) is 8.84. The largest absolute Gasteiger partial charge is 0.494 e. The Labute approximate surface area is 130 Å². The van der Waals surface area contributed by atoms with Gasteiger partial charge in [-0.2, -0.15) is 0 Å². The van der Waals surface area contributed by atoms with E-state index in [1.165, 1.54) is 62.5 Å².